The van der Waals surface area contributed by atoms with Crippen LogP contribution in [0.5, 0.6) is 5.75 Å². The third-order valence-electron chi connectivity index (χ3n) is 5.45. The number of carbonyl (C=O) groups excluding carboxylic acids is 1. The van der Waals surface area contributed by atoms with Crippen LogP contribution in [0.2, 0.25) is 0 Å². The Balaban J connectivity index is 1.73. The van der Waals surface area contributed by atoms with Gasteiger partial charge in [0.15, 0.2) is 0 Å². The number of unbranched alkanes of at least 4 members (excludes halogenated alkanes) is 3. The summed E-state index contributed by atoms with van der Waals surface area (Å²) in [5.41, 5.74) is 1.10. The van der Waals surface area contributed by atoms with Crippen molar-refractivity contribution in [2.75, 3.05) is 19.7 Å². The van der Waals surface area contributed by atoms with E-state index in [9.17, 15) is 14.7 Å². The smallest absolute Gasteiger partial charge is 0.308 e. The Morgan fingerprint density at radius 1 is 1.18 bits per heavy atom. The summed E-state index contributed by atoms with van der Waals surface area (Å²) in [4.78, 5) is 25.0. The average molecular weight is 383 g/mol. The molecule has 28 heavy (non-hydrogen) atoms. The number of benzene rings is 2. The highest BCUT2D eigenvalue weighted by atomic mass is 16.5. The summed E-state index contributed by atoms with van der Waals surface area (Å²) >= 11 is 0. The average Bonchev–Trinajstić information content (AvgIpc) is 3.07. The zero-order valence-corrected chi connectivity index (χ0v) is 16.5. The molecule has 5 nitrogen and oxygen atoms in total. The first kappa shape index (κ1) is 20.2. The number of carbonyl (C=O) groups is 2. The van der Waals surface area contributed by atoms with Gasteiger partial charge in [-0.2, -0.15) is 0 Å². The van der Waals surface area contributed by atoms with E-state index >= 15 is 0 Å². The first-order valence-corrected chi connectivity index (χ1v) is 10.2. The Bertz CT molecular complexity index is 832. The third-order valence-corrected chi connectivity index (χ3v) is 5.45. The molecule has 1 heterocycles. The number of ether oxygens (including phenoxy) is 1. The summed E-state index contributed by atoms with van der Waals surface area (Å²) in [7, 11) is 0. The van der Waals surface area contributed by atoms with Crippen molar-refractivity contribution in [3.63, 3.8) is 0 Å². The molecular formula is C23H29NO4. The molecule has 0 radical (unpaired) electrons. The molecule has 2 aromatic carbocycles. The molecule has 3 rings (SSSR count). The molecule has 1 unspecified atom stereocenters. The number of carboxylic acid groups (broad SMARTS) is 1. The number of aliphatic carboxylic acids is 1. The molecule has 2 aromatic rings. The van der Waals surface area contributed by atoms with E-state index in [4.69, 9.17) is 4.74 Å². The predicted octanol–water partition coefficient (Wildman–Crippen LogP) is 4.27. The van der Waals surface area contributed by atoms with Crippen molar-refractivity contribution in [3.8, 4) is 5.75 Å². The minimum absolute atomic E-state index is 0.0744. The van der Waals surface area contributed by atoms with E-state index in [0.717, 1.165) is 34.9 Å². The zero-order chi connectivity index (χ0) is 19.9. The number of amides is 1. The van der Waals surface area contributed by atoms with Crippen molar-refractivity contribution >= 4 is 22.6 Å². The molecule has 150 valence electrons. The summed E-state index contributed by atoms with van der Waals surface area (Å²) in [6, 6.07) is 12.3. The molecule has 0 saturated carbocycles. The van der Waals surface area contributed by atoms with E-state index < -0.39 is 11.9 Å². The minimum atomic E-state index is -0.892. The largest absolute Gasteiger partial charge is 0.493 e. The Morgan fingerprint density at radius 3 is 2.75 bits per heavy atom. The molecule has 1 aliphatic rings. The molecule has 1 atom stereocenters. The monoisotopic (exact) mass is 383 g/mol. The number of carboxylic acids is 1. The summed E-state index contributed by atoms with van der Waals surface area (Å²) in [6.07, 6.45) is 5.37. The molecule has 5 heteroatoms. The van der Waals surface area contributed by atoms with Gasteiger partial charge in [-0.05, 0) is 29.7 Å². The Labute approximate surface area is 166 Å². The van der Waals surface area contributed by atoms with Crippen LogP contribution in [0.4, 0.5) is 0 Å². The quantitative estimate of drug-likeness (QED) is 0.622. The van der Waals surface area contributed by atoms with Gasteiger partial charge in [0.2, 0.25) is 5.91 Å². The molecule has 0 aliphatic carbocycles. The summed E-state index contributed by atoms with van der Waals surface area (Å²) < 4.78 is 6.10. The molecule has 0 bridgehead atoms. The van der Waals surface area contributed by atoms with Gasteiger partial charge in [0.1, 0.15) is 5.75 Å². The van der Waals surface area contributed by atoms with E-state index in [1.165, 1.54) is 12.8 Å². The van der Waals surface area contributed by atoms with Crippen LogP contribution < -0.4 is 4.74 Å². The van der Waals surface area contributed by atoms with E-state index in [-0.39, 0.29) is 12.3 Å². The number of fused-ring (bicyclic) bond motifs is 1. The molecule has 0 aromatic heterocycles. The molecule has 1 fully saturated rings. The highest BCUT2D eigenvalue weighted by molar-refractivity contribution is 5.88. The Hall–Kier alpha value is -2.56. The van der Waals surface area contributed by atoms with Crippen LogP contribution in [0.15, 0.2) is 36.4 Å². The topological polar surface area (TPSA) is 66.8 Å². The number of likely N-dealkylation sites (tertiary alicyclic amines) is 1. The van der Waals surface area contributed by atoms with Crippen molar-refractivity contribution in [1.82, 2.24) is 4.90 Å². The van der Waals surface area contributed by atoms with Crippen LogP contribution in [-0.2, 0) is 16.0 Å². The second-order valence-electron chi connectivity index (χ2n) is 7.50. The maximum Gasteiger partial charge on any atom is 0.308 e. The van der Waals surface area contributed by atoms with Gasteiger partial charge in [-0.25, -0.2) is 0 Å². The number of nitrogens with zero attached hydrogens (tertiary/aromatic N) is 1. The minimum Gasteiger partial charge on any atom is -0.493 e. The number of hydrogen-bond acceptors (Lipinski definition) is 3. The fraction of sp³-hybridized carbons (Fsp3) is 0.478. The van der Waals surface area contributed by atoms with Gasteiger partial charge in [-0.3, -0.25) is 9.59 Å². The van der Waals surface area contributed by atoms with Crippen molar-refractivity contribution in [2.24, 2.45) is 5.92 Å². The van der Waals surface area contributed by atoms with Gasteiger partial charge in [-0.15, -0.1) is 0 Å². The van der Waals surface area contributed by atoms with Gasteiger partial charge in [-0.1, -0.05) is 56.5 Å². The summed E-state index contributed by atoms with van der Waals surface area (Å²) in [5.74, 6) is -0.683. The van der Waals surface area contributed by atoms with Crippen LogP contribution in [-0.4, -0.2) is 41.6 Å². The maximum atomic E-state index is 12.2. The molecule has 1 N–H and O–H groups in total. The van der Waals surface area contributed by atoms with Crippen LogP contribution in [0.3, 0.4) is 0 Å². The highest BCUT2D eigenvalue weighted by Gasteiger charge is 2.34. The van der Waals surface area contributed by atoms with Crippen molar-refractivity contribution in [2.45, 2.75) is 45.4 Å². The van der Waals surface area contributed by atoms with Crippen LogP contribution in [0.1, 0.15) is 44.6 Å². The lowest BCUT2D eigenvalue weighted by atomic mass is 10.0. The second-order valence-corrected chi connectivity index (χ2v) is 7.50. The Kier molecular flexibility index (Phi) is 6.90. The first-order chi connectivity index (χ1) is 13.6. The lowest BCUT2D eigenvalue weighted by Crippen LogP contribution is -2.28. The normalized spacial score (nSPS) is 16.7. The van der Waals surface area contributed by atoms with Crippen LogP contribution in [0, 0.1) is 5.92 Å². The molecule has 1 aliphatic heterocycles. The molecule has 1 saturated heterocycles. The van der Waals surface area contributed by atoms with Crippen molar-refractivity contribution in [1.29, 1.82) is 0 Å². The van der Waals surface area contributed by atoms with Gasteiger partial charge in [0.05, 0.1) is 12.5 Å². The summed E-state index contributed by atoms with van der Waals surface area (Å²) in [5, 5.41) is 11.5. The fourth-order valence-electron chi connectivity index (χ4n) is 3.82. The van der Waals surface area contributed by atoms with Gasteiger partial charge >= 0.3 is 5.97 Å². The molecular weight excluding hydrogens is 354 g/mol. The Morgan fingerprint density at radius 2 is 2.00 bits per heavy atom. The molecule has 0 spiro atoms. The van der Waals surface area contributed by atoms with E-state index in [2.05, 4.69) is 25.1 Å². The highest BCUT2D eigenvalue weighted by Crippen LogP contribution is 2.30. The summed E-state index contributed by atoms with van der Waals surface area (Å²) in [6.45, 7) is 3.70. The van der Waals surface area contributed by atoms with Gasteiger partial charge in [0, 0.05) is 25.1 Å². The van der Waals surface area contributed by atoms with Crippen molar-refractivity contribution < 1.29 is 19.4 Å². The zero-order valence-electron chi connectivity index (χ0n) is 16.5. The fourth-order valence-corrected chi connectivity index (χ4v) is 3.82. The number of hydrogen-bond donors (Lipinski definition) is 1. The lowest BCUT2D eigenvalue weighted by molar-refractivity contribution is -0.141. The van der Waals surface area contributed by atoms with E-state index in [1.54, 1.807) is 4.90 Å². The van der Waals surface area contributed by atoms with E-state index in [1.807, 2.05) is 18.2 Å². The lowest BCUT2D eigenvalue weighted by Gasteiger charge is -2.19. The van der Waals surface area contributed by atoms with Gasteiger partial charge < -0.3 is 14.7 Å². The molecule has 1 amide bonds. The third kappa shape index (κ3) is 4.83. The standard InChI is InChI=1S/C23H29NO4/c1-2-3-4-7-14-28-21-11-10-17-8-5-6-9-19(17)20(21)12-13-24-16-18(23(26)27)15-22(24)25/h5-6,8-11,18H,2-4,7,12-16H2,1H3,(H,26,27). The maximum absolute atomic E-state index is 12.2. The predicted molar refractivity (Wildman–Crippen MR) is 110 cm³/mol. The van der Waals surface area contributed by atoms with Crippen LogP contribution >= 0.6 is 0 Å². The van der Waals surface area contributed by atoms with Gasteiger partial charge in [0.25, 0.3) is 0 Å². The van der Waals surface area contributed by atoms with Crippen molar-refractivity contribution in [3.05, 3.63) is 42.0 Å². The van der Waals surface area contributed by atoms with Crippen LogP contribution in [0.25, 0.3) is 10.8 Å². The number of rotatable bonds is 10. The second kappa shape index (κ2) is 9.58. The first-order valence-electron chi connectivity index (χ1n) is 10.2. The van der Waals surface area contributed by atoms with E-state index in [0.29, 0.717) is 26.1 Å². The SMILES string of the molecule is CCCCCCOc1ccc2ccccc2c1CCN1CC(C(=O)O)CC1=O.